The number of rotatable bonds is 3. The van der Waals surface area contributed by atoms with Gasteiger partial charge in [0.15, 0.2) is 0 Å². The molecule has 0 aliphatic carbocycles. The molecule has 0 fully saturated rings. The zero-order valence-electron chi connectivity index (χ0n) is 10.3. The van der Waals surface area contributed by atoms with Crippen molar-refractivity contribution in [2.75, 3.05) is 0 Å². The topological polar surface area (TPSA) is 58.3 Å². The first-order chi connectivity index (χ1) is 8.50. The Hall–Kier alpha value is -1.30. The Morgan fingerprint density at radius 3 is 2.50 bits per heavy atom. The molecule has 2 N–H and O–H groups in total. The van der Waals surface area contributed by atoms with E-state index < -0.39 is 7.12 Å². The lowest BCUT2D eigenvalue weighted by Crippen LogP contribution is -2.33. The number of benzene rings is 1. The van der Waals surface area contributed by atoms with Crippen LogP contribution in [-0.2, 0) is 6.54 Å². The first-order valence-electron chi connectivity index (χ1n) is 5.64. The van der Waals surface area contributed by atoms with Gasteiger partial charge in [0.1, 0.15) is 0 Å². The van der Waals surface area contributed by atoms with E-state index in [0.717, 1.165) is 17.0 Å². The fourth-order valence-electron chi connectivity index (χ4n) is 1.92. The highest BCUT2D eigenvalue weighted by atomic mass is 35.5. The summed E-state index contributed by atoms with van der Waals surface area (Å²) in [7, 11) is -1.48. The van der Waals surface area contributed by atoms with E-state index in [-0.39, 0.29) is 0 Å². The van der Waals surface area contributed by atoms with Crippen molar-refractivity contribution in [3.05, 3.63) is 46.2 Å². The summed E-state index contributed by atoms with van der Waals surface area (Å²) in [5.41, 5.74) is 2.95. The molecule has 94 valence electrons. The van der Waals surface area contributed by atoms with Gasteiger partial charge in [-0.2, -0.15) is 5.10 Å². The summed E-state index contributed by atoms with van der Waals surface area (Å²) >= 11 is 6.08. The molecule has 0 saturated heterocycles. The second kappa shape index (κ2) is 5.14. The Morgan fingerprint density at radius 1 is 1.28 bits per heavy atom. The van der Waals surface area contributed by atoms with E-state index in [4.69, 9.17) is 11.6 Å². The lowest BCUT2D eigenvalue weighted by atomic mass is 9.77. The monoisotopic (exact) mass is 264 g/mol. The predicted octanol–water partition coefficient (Wildman–Crippen LogP) is 0.881. The average molecular weight is 265 g/mol. The van der Waals surface area contributed by atoms with Crippen molar-refractivity contribution in [2.24, 2.45) is 0 Å². The molecule has 18 heavy (non-hydrogen) atoms. The minimum Gasteiger partial charge on any atom is -0.423 e. The van der Waals surface area contributed by atoms with Crippen LogP contribution in [0.4, 0.5) is 0 Å². The van der Waals surface area contributed by atoms with Crippen LogP contribution in [0.1, 0.15) is 17.0 Å². The molecule has 1 heterocycles. The molecule has 0 atom stereocenters. The van der Waals surface area contributed by atoms with Crippen LogP contribution in [0.25, 0.3) is 0 Å². The Bertz CT molecular complexity index is 569. The summed E-state index contributed by atoms with van der Waals surface area (Å²) in [6, 6.07) is 7.16. The van der Waals surface area contributed by atoms with Crippen molar-refractivity contribution < 1.29 is 10.0 Å². The second-order valence-corrected chi connectivity index (χ2v) is 4.59. The van der Waals surface area contributed by atoms with Gasteiger partial charge in [-0.05, 0) is 24.9 Å². The summed E-state index contributed by atoms with van der Waals surface area (Å²) < 4.78 is 1.76. The number of hydrogen-bond acceptors (Lipinski definition) is 3. The quantitative estimate of drug-likeness (QED) is 0.809. The van der Waals surface area contributed by atoms with Crippen LogP contribution in [0.5, 0.6) is 0 Å². The van der Waals surface area contributed by atoms with Gasteiger partial charge in [-0.1, -0.05) is 35.9 Å². The lowest BCUT2D eigenvalue weighted by molar-refractivity contribution is 0.425. The Kier molecular flexibility index (Phi) is 3.75. The molecule has 0 aliphatic heterocycles. The maximum absolute atomic E-state index is 9.31. The largest absolute Gasteiger partial charge is 0.488 e. The molecule has 1 aromatic carbocycles. The number of aryl methyl sites for hydroxylation is 1. The Morgan fingerprint density at radius 2 is 1.94 bits per heavy atom. The first kappa shape index (κ1) is 13.1. The fourth-order valence-corrected chi connectivity index (χ4v) is 2.06. The van der Waals surface area contributed by atoms with E-state index in [1.54, 1.807) is 16.8 Å². The normalized spacial score (nSPS) is 10.7. The molecule has 6 heteroatoms. The molecule has 2 rings (SSSR count). The number of halogens is 1. The van der Waals surface area contributed by atoms with Crippen LogP contribution < -0.4 is 5.46 Å². The molecule has 1 aromatic heterocycles. The summed E-state index contributed by atoms with van der Waals surface area (Å²) in [5, 5.41) is 23.6. The summed E-state index contributed by atoms with van der Waals surface area (Å²) in [4.78, 5) is 0. The van der Waals surface area contributed by atoms with Gasteiger partial charge in [-0.3, -0.25) is 4.68 Å². The van der Waals surface area contributed by atoms with Crippen LogP contribution in [0, 0.1) is 13.8 Å². The molecule has 0 amide bonds. The van der Waals surface area contributed by atoms with Gasteiger partial charge in [0, 0.05) is 0 Å². The van der Waals surface area contributed by atoms with Crippen molar-refractivity contribution in [3.63, 3.8) is 0 Å². The van der Waals surface area contributed by atoms with Gasteiger partial charge in [0.2, 0.25) is 0 Å². The number of nitrogens with zero attached hydrogens (tertiary/aromatic N) is 2. The van der Waals surface area contributed by atoms with Gasteiger partial charge < -0.3 is 10.0 Å². The minimum atomic E-state index is -1.48. The van der Waals surface area contributed by atoms with Crippen LogP contribution in [0.3, 0.4) is 0 Å². The molecule has 0 spiro atoms. The maximum atomic E-state index is 9.31. The minimum absolute atomic E-state index is 0.465. The van der Waals surface area contributed by atoms with Crippen molar-refractivity contribution >= 4 is 24.2 Å². The van der Waals surface area contributed by atoms with E-state index in [1.807, 2.05) is 26.0 Å². The molecule has 0 saturated carbocycles. The van der Waals surface area contributed by atoms with Crippen LogP contribution in [-0.4, -0.2) is 26.9 Å². The van der Waals surface area contributed by atoms with Crippen LogP contribution in [0.15, 0.2) is 24.3 Å². The van der Waals surface area contributed by atoms with Crippen LogP contribution >= 0.6 is 11.6 Å². The predicted molar refractivity (Wildman–Crippen MR) is 72.1 cm³/mol. The summed E-state index contributed by atoms with van der Waals surface area (Å²) in [5.74, 6) is 0. The standard InChI is InChI=1S/C12H14BClN2O2/c1-8-12(14)9(2)16(15-8)7-10-5-3-4-6-11(10)13(17)18/h3-6,17-18H,7H2,1-2H3. The van der Waals surface area contributed by atoms with Gasteiger partial charge in [-0.15, -0.1) is 0 Å². The molecular formula is C12H14BClN2O2. The molecule has 0 aliphatic rings. The first-order valence-corrected chi connectivity index (χ1v) is 6.02. The van der Waals surface area contributed by atoms with E-state index in [1.165, 1.54) is 0 Å². The fraction of sp³-hybridized carbons (Fsp3) is 0.250. The van der Waals surface area contributed by atoms with Gasteiger partial charge in [0.25, 0.3) is 0 Å². The van der Waals surface area contributed by atoms with E-state index in [2.05, 4.69) is 5.10 Å². The third-order valence-electron chi connectivity index (χ3n) is 2.95. The average Bonchev–Trinajstić information content (AvgIpc) is 2.57. The van der Waals surface area contributed by atoms with Gasteiger partial charge in [-0.25, -0.2) is 0 Å². The van der Waals surface area contributed by atoms with Crippen molar-refractivity contribution in [2.45, 2.75) is 20.4 Å². The molecular weight excluding hydrogens is 250 g/mol. The highest BCUT2D eigenvalue weighted by Crippen LogP contribution is 2.19. The van der Waals surface area contributed by atoms with E-state index >= 15 is 0 Å². The summed E-state index contributed by atoms with van der Waals surface area (Å²) in [6.45, 7) is 4.20. The zero-order valence-corrected chi connectivity index (χ0v) is 11.0. The highest BCUT2D eigenvalue weighted by Gasteiger charge is 2.17. The highest BCUT2D eigenvalue weighted by molar-refractivity contribution is 6.59. The maximum Gasteiger partial charge on any atom is 0.488 e. The van der Waals surface area contributed by atoms with Crippen molar-refractivity contribution in [1.29, 1.82) is 0 Å². The number of hydrogen-bond donors (Lipinski definition) is 2. The Labute approximate surface area is 111 Å². The molecule has 0 radical (unpaired) electrons. The van der Waals surface area contributed by atoms with Crippen molar-refractivity contribution in [1.82, 2.24) is 9.78 Å². The van der Waals surface area contributed by atoms with E-state index in [0.29, 0.717) is 17.0 Å². The summed E-state index contributed by atoms with van der Waals surface area (Å²) in [6.07, 6.45) is 0. The molecule has 0 bridgehead atoms. The number of aromatic nitrogens is 2. The van der Waals surface area contributed by atoms with E-state index in [9.17, 15) is 10.0 Å². The zero-order chi connectivity index (χ0) is 13.3. The molecule has 4 nitrogen and oxygen atoms in total. The van der Waals surface area contributed by atoms with Crippen molar-refractivity contribution in [3.8, 4) is 0 Å². The van der Waals surface area contributed by atoms with Gasteiger partial charge in [0.05, 0.1) is 23.0 Å². The smallest absolute Gasteiger partial charge is 0.423 e. The SMILES string of the molecule is Cc1nn(Cc2ccccc2B(O)O)c(C)c1Cl. The van der Waals surface area contributed by atoms with Crippen LogP contribution in [0.2, 0.25) is 5.02 Å². The Balaban J connectivity index is 2.37. The van der Waals surface area contributed by atoms with Gasteiger partial charge >= 0.3 is 7.12 Å². The third-order valence-corrected chi connectivity index (χ3v) is 3.49. The molecule has 0 unspecified atom stereocenters. The molecule has 2 aromatic rings. The second-order valence-electron chi connectivity index (χ2n) is 4.21. The lowest BCUT2D eigenvalue weighted by Gasteiger charge is -2.10. The third kappa shape index (κ3) is 2.43.